The normalized spacial score (nSPS) is 12.5. The molecule has 4 nitrogen and oxygen atoms in total. The summed E-state index contributed by atoms with van der Waals surface area (Å²) in [5, 5.41) is 4.78. The van der Waals surface area contributed by atoms with Crippen LogP contribution >= 0.6 is 0 Å². The van der Waals surface area contributed by atoms with E-state index in [9.17, 15) is 0 Å². The molecule has 0 saturated carbocycles. The van der Waals surface area contributed by atoms with Crippen molar-refractivity contribution < 1.29 is 8.98 Å². The van der Waals surface area contributed by atoms with Crippen LogP contribution in [0.3, 0.4) is 0 Å². The molecule has 4 heterocycles. The van der Waals surface area contributed by atoms with Gasteiger partial charge in [-0.3, -0.25) is 0 Å². The van der Waals surface area contributed by atoms with Gasteiger partial charge in [0.25, 0.3) is 5.82 Å². The monoisotopic (exact) mass is 592 g/mol. The third-order valence-corrected chi connectivity index (χ3v) is 9.85. The van der Waals surface area contributed by atoms with Crippen molar-refractivity contribution in [3.63, 3.8) is 0 Å². The fraction of sp³-hybridized carbons (Fsp3) is 0.0714. The fourth-order valence-electron chi connectivity index (χ4n) is 7.87. The molecule has 0 fully saturated rings. The first-order valence-corrected chi connectivity index (χ1v) is 15.9. The molecule has 0 atom stereocenters. The molecule has 0 unspecified atom stereocenters. The van der Waals surface area contributed by atoms with Crippen LogP contribution in [0, 0.1) is 13.8 Å². The Hall–Kier alpha value is -5.87. The average molecular weight is 593 g/mol. The van der Waals surface area contributed by atoms with E-state index >= 15 is 0 Å². The summed E-state index contributed by atoms with van der Waals surface area (Å²) in [6, 6.07) is 43.9. The van der Waals surface area contributed by atoms with Crippen LogP contribution in [0.2, 0.25) is 0 Å². The average Bonchev–Trinajstić information content (AvgIpc) is 3.83. The van der Waals surface area contributed by atoms with Gasteiger partial charge in [-0.1, -0.05) is 60.7 Å². The molecule has 0 bridgehead atoms. The van der Waals surface area contributed by atoms with E-state index in [0.717, 1.165) is 34.2 Å². The molecule has 1 aliphatic rings. The number of nitrogens with zero attached hydrogens (tertiary/aromatic N) is 3. The summed E-state index contributed by atoms with van der Waals surface area (Å²) in [5.74, 6) is 1.25. The van der Waals surface area contributed by atoms with E-state index in [1.165, 1.54) is 66.7 Å². The van der Waals surface area contributed by atoms with Crippen molar-refractivity contribution in [3.05, 3.63) is 150 Å². The lowest BCUT2D eigenvalue weighted by molar-refractivity contribution is -0.671. The van der Waals surface area contributed by atoms with Crippen LogP contribution < -0.4 is 4.57 Å². The lowest BCUT2D eigenvalue weighted by Crippen LogP contribution is -2.30. The zero-order chi connectivity index (χ0) is 30.5. The molecule has 218 valence electrons. The quantitative estimate of drug-likeness (QED) is 0.188. The molecule has 0 saturated heterocycles. The zero-order valence-electron chi connectivity index (χ0n) is 25.7. The third kappa shape index (κ3) is 3.52. The van der Waals surface area contributed by atoms with E-state index in [0.29, 0.717) is 0 Å². The van der Waals surface area contributed by atoms with Gasteiger partial charge in [-0.15, -0.1) is 0 Å². The maximum absolute atomic E-state index is 6.36. The molecular formula is C42H30N3O+. The van der Waals surface area contributed by atoms with E-state index in [-0.39, 0.29) is 0 Å². The SMILES string of the molecule is Cc1cc(-c2ccc3oc4ccc(-n5c6ccccc6c6ccccc65)cc4c3c2)cc(C)c1-n1cc[n+]2c1-c1ccccc1C2. The van der Waals surface area contributed by atoms with Gasteiger partial charge in [-0.05, 0) is 96.8 Å². The second-order valence-electron chi connectivity index (χ2n) is 12.6. The molecular weight excluding hydrogens is 562 g/mol. The van der Waals surface area contributed by atoms with Crippen LogP contribution in [-0.4, -0.2) is 9.13 Å². The van der Waals surface area contributed by atoms with Crippen molar-refractivity contribution in [2.75, 3.05) is 0 Å². The highest BCUT2D eigenvalue weighted by molar-refractivity contribution is 6.11. The lowest BCUT2D eigenvalue weighted by Gasteiger charge is -2.12. The summed E-state index contributed by atoms with van der Waals surface area (Å²) in [4.78, 5) is 0. The van der Waals surface area contributed by atoms with Crippen molar-refractivity contribution in [2.24, 2.45) is 0 Å². The number of benzene rings is 6. The Morgan fingerprint density at radius 3 is 2.02 bits per heavy atom. The van der Waals surface area contributed by atoms with Crippen molar-refractivity contribution >= 4 is 43.7 Å². The Bertz CT molecular complexity index is 2620. The van der Waals surface area contributed by atoms with E-state index < -0.39 is 0 Å². The highest BCUT2D eigenvalue weighted by Crippen LogP contribution is 2.38. The van der Waals surface area contributed by atoms with E-state index in [2.05, 4.69) is 161 Å². The molecule has 4 heteroatoms. The predicted molar refractivity (Wildman–Crippen MR) is 187 cm³/mol. The molecule has 0 N–H and O–H groups in total. The number of para-hydroxylation sites is 2. The maximum atomic E-state index is 6.36. The van der Waals surface area contributed by atoms with Crippen LogP contribution in [0.5, 0.6) is 0 Å². The number of aryl methyl sites for hydroxylation is 2. The molecule has 0 radical (unpaired) electrons. The van der Waals surface area contributed by atoms with Crippen molar-refractivity contribution in [2.45, 2.75) is 20.4 Å². The lowest BCUT2D eigenvalue weighted by atomic mass is 9.97. The van der Waals surface area contributed by atoms with Gasteiger partial charge in [-0.2, -0.15) is 4.57 Å². The summed E-state index contributed by atoms with van der Waals surface area (Å²) < 4.78 is 13.4. The molecule has 0 amide bonds. The molecule has 0 aliphatic carbocycles. The van der Waals surface area contributed by atoms with E-state index in [1.54, 1.807) is 0 Å². The van der Waals surface area contributed by atoms with Crippen LogP contribution in [-0.2, 0) is 6.54 Å². The standard InChI is InChI=1S/C42H30N3O/c1-26-21-30(22-27(2)41(26)44-20-19-43-25-29-9-3-4-10-32(29)42(43)44)28-15-17-39-35(23-28)36-24-31(16-18-40(36)46-39)45-37-13-7-5-11-33(37)34-12-6-8-14-38(34)45/h3-24H,25H2,1-2H3/q+1. The van der Waals surface area contributed by atoms with Gasteiger partial charge in [-0.25, -0.2) is 4.57 Å². The number of hydrogen-bond donors (Lipinski definition) is 0. The van der Waals surface area contributed by atoms with Crippen LogP contribution in [0.4, 0.5) is 0 Å². The minimum atomic E-state index is 0.902. The first kappa shape index (κ1) is 25.5. The molecule has 6 aromatic carbocycles. The van der Waals surface area contributed by atoms with Gasteiger partial charge < -0.3 is 8.98 Å². The summed E-state index contributed by atoms with van der Waals surface area (Å²) >= 11 is 0. The van der Waals surface area contributed by atoms with Crippen molar-refractivity contribution in [1.82, 2.24) is 9.13 Å². The van der Waals surface area contributed by atoms with Gasteiger partial charge in [0.05, 0.1) is 16.6 Å². The summed E-state index contributed by atoms with van der Waals surface area (Å²) in [7, 11) is 0. The van der Waals surface area contributed by atoms with Gasteiger partial charge in [0.1, 0.15) is 35.8 Å². The maximum Gasteiger partial charge on any atom is 0.294 e. The topological polar surface area (TPSA) is 26.9 Å². The largest absolute Gasteiger partial charge is 0.456 e. The summed E-state index contributed by atoms with van der Waals surface area (Å²) in [6.07, 6.45) is 4.41. The van der Waals surface area contributed by atoms with Gasteiger partial charge >= 0.3 is 0 Å². The Morgan fingerprint density at radius 2 is 1.26 bits per heavy atom. The Balaban J connectivity index is 1.11. The smallest absolute Gasteiger partial charge is 0.294 e. The number of rotatable bonds is 3. The molecule has 46 heavy (non-hydrogen) atoms. The first-order chi connectivity index (χ1) is 22.6. The molecule has 3 aromatic heterocycles. The minimum absolute atomic E-state index is 0.902. The van der Waals surface area contributed by atoms with Crippen LogP contribution in [0.15, 0.2) is 138 Å². The van der Waals surface area contributed by atoms with Crippen molar-refractivity contribution in [3.8, 4) is 33.9 Å². The van der Waals surface area contributed by atoms with Crippen molar-refractivity contribution in [1.29, 1.82) is 0 Å². The second kappa shape index (κ2) is 9.32. The number of hydrogen-bond acceptors (Lipinski definition) is 1. The number of aromatic nitrogens is 3. The Labute approximate surface area is 266 Å². The zero-order valence-corrected chi connectivity index (χ0v) is 25.7. The Kier molecular flexibility index (Phi) is 5.16. The second-order valence-corrected chi connectivity index (χ2v) is 12.6. The molecule has 1 aliphatic heterocycles. The fourth-order valence-corrected chi connectivity index (χ4v) is 7.87. The third-order valence-electron chi connectivity index (χ3n) is 9.85. The summed E-state index contributed by atoms with van der Waals surface area (Å²) in [6.45, 7) is 5.38. The van der Waals surface area contributed by atoms with Gasteiger partial charge in [0.15, 0.2) is 0 Å². The highest BCUT2D eigenvalue weighted by Gasteiger charge is 2.31. The first-order valence-electron chi connectivity index (χ1n) is 15.9. The van der Waals surface area contributed by atoms with Crippen LogP contribution in [0.25, 0.3) is 77.6 Å². The molecule has 0 spiro atoms. The van der Waals surface area contributed by atoms with E-state index in [4.69, 9.17) is 4.42 Å². The number of imidazole rings is 1. The van der Waals surface area contributed by atoms with Gasteiger partial charge in [0.2, 0.25) is 0 Å². The number of fused-ring (bicyclic) bond motifs is 9. The molecule has 10 rings (SSSR count). The number of furan rings is 1. The molecule has 9 aromatic rings. The van der Waals surface area contributed by atoms with Gasteiger partial charge in [0, 0.05) is 32.8 Å². The van der Waals surface area contributed by atoms with Crippen LogP contribution in [0.1, 0.15) is 16.7 Å². The highest BCUT2D eigenvalue weighted by atomic mass is 16.3. The van der Waals surface area contributed by atoms with E-state index in [1.807, 2.05) is 0 Å². The predicted octanol–water partition coefficient (Wildman–Crippen LogP) is 10.1. The Morgan fingerprint density at radius 1 is 0.609 bits per heavy atom. The summed E-state index contributed by atoms with van der Waals surface area (Å²) in [5.41, 5.74) is 14.2. The minimum Gasteiger partial charge on any atom is -0.456 e.